The number of carbonyl (C=O) groups excluding carboxylic acids is 1. The number of halogens is 1. The van der Waals surface area contributed by atoms with Crippen molar-refractivity contribution in [3.63, 3.8) is 0 Å². The van der Waals surface area contributed by atoms with E-state index in [1.165, 1.54) is 6.07 Å². The highest BCUT2D eigenvalue weighted by Crippen LogP contribution is 2.47. The second kappa shape index (κ2) is 6.74. The molecular weight excluding hydrogens is 401 g/mol. The normalized spacial score (nSPS) is 25.9. The molecule has 3 aliphatic rings. The SMILES string of the molecule is NC(=O)c1oc([N+](=O)[O-])c(-c2cccc(N3CCC4(N5NCCO5)OC4C3)c2)c1F. The molecular formula is C18H18FN5O6. The van der Waals surface area contributed by atoms with Crippen LogP contribution in [0.25, 0.3) is 11.1 Å². The summed E-state index contributed by atoms with van der Waals surface area (Å²) in [6.07, 6.45) is 0.614. The number of nitrogens with two attached hydrogens (primary N) is 1. The molecule has 1 aromatic heterocycles. The summed E-state index contributed by atoms with van der Waals surface area (Å²) < 4.78 is 25.4. The highest BCUT2D eigenvalue weighted by atomic mass is 19.1. The fourth-order valence-corrected chi connectivity index (χ4v) is 4.08. The largest absolute Gasteiger partial charge is 0.444 e. The van der Waals surface area contributed by atoms with Gasteiger partial charge in [-0.15, -0.1) is 0 Å². The predicted octanol–water partition coefficient (Wildman–Crippen LogP) is 1.15. The maximum Gasteiger partial charge on any atom is 0.444 e. The van der Waals surface area contributed by atoms with Gasteiger partial charge in [-0.1, -0.05) is 17.3 Å². The molecule has 3 N–H and O–H groups in total. The van der Waals surface area contributed by atoms with Gasteiger partial charge in [-0.05, 0) is 17.7 Å². The molecule has 158 valence electrons. The number of rotatable bonds is 5. The van der Waals surface area contributed by atoms with Gasteiger partial charge in [0.15, 0.2) is 11.5 Å². The van der Waals surface area contributed by atoms with Crippen LogP contribution in [0, 0.1) is 15.9 Å². The van der Waals surface area contributed by atoms with Crippen LogP contribution in [-0.4, -0.2) is 54.1 Å². The Labute approximate surface area is 169 Å². The van der Waals surface area contributed by atoms with E-state index < -0.39 is 39.6 Å². The van der Waals surface area contributed by atoms with Crippen molar-refractivity contribution in [2.75, 3.05) is 31.1 Å². The van der Waals surface area contributed by atoms with Crippen LogP contribution in [-0.2, 0) is 9.57 Å². The molecule has 30 heavy (non-hydrogen) atoms. The number of amides is 1. The molecule has 2 unspecified atom stereocenters. The highest BCUT2D eigenvalue weighted by Gasteiger charge is 2.65. The molecule has 0 bridgehead atoms. The maximum absolute atomic E-state index is 14.7. The van der Waals surface area contributed by atoms with E-state index in [0.29, 0.717) is 26.1 Å². The van der Waals surface area contributed by atoms with Crippen molar-refractivity contribution < 1.29 is 28.1 Å². The Morgan fingerprint density at radius 2 is 2.27 bits per heavy atom. The third-order valence-electron chi connectivity index (χ3n) is 5.56. The van der Waals surface area contributed by atoms with E-state index in [-0.39, 0.29) is 11.7 Å². The van der Waals surface area contributed by atoms with Gasteiger partial charge < -0.3 is 19.8 Å². The number of furan rings is 1. The molecule has 0 radical (unpaired) electrons. The van der Waals surface area contributed by atoms with Crippen molar-refractivity contribution in [3.05, 3.63) is 46.0 Å². The first-order valence-electron chi connectivity index (χ1n) is 9.37. The summed E-state index contributed by atoms with van der Waals surface area (Å²) in [4.78, 5) is 29.4. The number of primary amides is 1. The van der Waals surface area contributed by atoms with Crippen molar-refractivity contribution in [3.8, 4) is 11.1 Å². The van der Waals surface area contributed by atoms with E-state index in [1.54, 1.807) is 17.3 Å². The zero-order valence-electron chi connectivity index (χ0n) is 15.7. The third-order valence-corrected chi connectivity index (χ3v) is 5.56. The first-order chi connectivity index (χ1) is 14.4. The monoisotopic (exact) mass is 419 g/mol. The number of carbonyl (C=O) groups is 1. The summed E-state index contributed by atoms with van der Waals surface area (Å²) in [6, 6.07) is 6.61. The number of hydrazine groups is 1. The molecule has 3 aliphatic heterocycles. The smallest absolute Gasteiger partial charge is 0.392 e. The van der Waals surface area contributed by atoms with Crippen LogP contribution in [0.2, 0.25) is 0 Å². The lowest BCUT2D eigenvalue weighted by Gasteiger charge is -2.33. The van der Waals surface area contributed by atoms with Gasteiger partial charge in [0.1, 0.15) is 16.6 Å². The number of hydroxylamine groups is 1. The van der Waals surface area contributed by atoms with Crippen LogP contribution < -0.4 is 16.1 Å². The van der Waals surface area contributed by atoms with Crippen LogP contribution in [0.3, 0.4) is 0 Å². The van der Waals surface area contributed by atoms with E-state index in [4.69, 9.17) is 19.7 Å². The number of nitro groups is 1. The number of ether oxygens (including phenoxy) is 1. The molecule has 4 heterocycles. The molecule has 2 aromatic rings. The van der Waals surface area contributed by atoms with Crippen molar-refractivity contribution in [1.29, 1.82) is 0 Å². The van der Waals surface area contributed by atoms with E-state index in [9.17, 15) is 19.3 Å². The Kier molecular flexibility index (Phi) is 4.25. The fourth-order valence-electron chi connectivity index (χ4n) is 4.08. The lowest BCUT2D eigenvalue weighted by Crippen LogP contribution is -2.51. The molecule has 3 saturated heterocycles. The first-order valence-corrected chi connectivity index (χ1v) is 9.37. The van der Waals surface area contributed by atoms with Gasteiger partial charge in [0.25, 0.3) is 5.91 Å². The molecule has 1 aromatic carbocycles. The summed E-state index contributed by atoms with van der Waals surface area (Å²) in [5.74, 6) is -4.09. The summed E-state index contributed by atoms with van der Waals surface area (Å²) in [5, 5.41) is 13.0. The van der Waals surface area contributed by atoms with E-state index >= 15 is 0 Å². The van der Waals surface area contributed by atoms with Gasteiger partial charge in [-0.3, -0.25) is 19.7 Å². The van der Waals surface area contributed by atoms with E-state index in [1.807, 2.05) is 11.0 Å². The minimum Gasteiger partial charge on any atom is -0.392 e. The highest BCUT2D eigenvalue weighted by molar-refractivity contribution is 5.93. The zero-order valence-corrected chi connectivity index (χ0v) is 15.7. The van der Waals surface area contributed by atoms with Gasteiger partial charge >= 0.3 is 5.88 Å². The second-order valence-corrected chi connectivity index (χ2v) is 7.28. The Balaban J connectivity index is 1.42. The number of piperidine rings is 1. The Morgan fingerprint density at radius 3 is 2.93 bits per heavy atom. The average molecular weight is 419 g/mol. The standard InChI is InChI=1S/C18H18FN5O6/c19-14-13(17(23(26)27)29-15(14)16(20)25)10-2-1-3-11(8-10)22-6-4-18(12(9-22)30-18)24-21-5-7-28-24/h1-3,8,12,21H,4-7,9H2,(H2,20,25). The lowest BCUT2D eigenvalue weighted by molar-refractivity contribution is -0.401. The summed E-state index contributed by atoms with van der Waals surface area (Å²) in [7, 11) is 0. The second-order valence-electron chi connectivity index (χ2n) is 7.28. The first kappa shape index (κ1) is 18.9. The summed E-state index contributed by atoms with van der Waals surface area (Å²) in [6.45, 7) is 2.54. The molecule has 3 fully saturated rings. The van der Waals surface area contributed by atoms with Gasteiger partial charge in [0.05, 0.1) is 6.61 Å². The zero-order chi connectivity index (χ0) is 21.0. The number of hydrogen-bond donors (Lipinski definition) is 2. The molecule has 0 saturated carbocycles. The van der Waals surface area contributed by atoms with Gasteiger partial charge in [0, 0.05) is 31.7 Å². The van der Waals surface area contributed by atoms with Crippen LogP contribution in [0.4, 0.5) is 16.0 Å². The Hall–Kier alpha value is -3.06. The van der Waals surface area contributed by atoms with Crippen LogP contribution in [0.1, 0.15) is 17.0 Å². The number of hydrogen-bond acceptors (Lipinski definition) is 9. The van der Waals surface area contributed by atoms with Gasteiger partial charge in [0.2, 0.25) is 5.76 Å². The maximum atomic E-state index is 14.7. The Bertz CT molecular complexity index is 1040. The number of fused-ring (bicyclic) bond motifs is 1. The van der Waals surface area contributed by atoms with Gasteiger partial charge in [-0.25, -0.2) is 9.82 Å². The summed E-state index contributed by atoms with van der Waals surface area (Å²) >= 11 is 0. The molecule has 1 amide bonds. The van der Waals surface area contributed by atoms with E-state index in [2.05, 4.69) is 5.43 Å². The minimum absolute atomic E-state index is 0.0676. The third kappa shape index (κ3) is 2.84. The van der Waals surface area contributed by atoms with Crippen LogP contribution in [0.5, 0.6) is 0 Å². The summed E-state index contributed by atoms with van der Waals surface area (Å²) in [5.41, 5.74) is 8.28. The van der Waals surface area contributed by atoms with Crippen molar-refractivity contribution in [2.45, 2.75) is 18.2 Å². The molecule has 12 heteroatoms. The van der Waals surface area contributed by atoms with Crippen LogP contribution >= 0.6 is 0 Å². The molecule has 11 nitrogen and oxygen atoms in total. The van der Waals surface area contributed by atoms with Crippen molar-refractivity contribution in [2.24, 2.45) is 5.73 Å². The number of nitrogens with one attached hydrogen (secondary N) is 1. The fraction of sp³-hybridized carbons (Fsp3) is 0.389. The number of anilines is 1. The van der Waals surface area contributed by atoms with Crippen LogP contribution in [0.15, 0.2) is 28.7 Å². The molecule has 0 aliphatic carbocycles. The Morgan fingerprint density at radius 1 is 1.43 bits per heavy atom. The lowest BCUT2D eigenvalue weighted by atomic mass is 10.0. The number of nitrogens with zero attached hydrogens (tertiary/aromatic N) is 3. The van der Waals surface area contributed by atoms with Crippen molar-refractivity contribution in [1.82, 2.24) is 10.6 Å². The van der Waals surface area contributed by atoms with Gasteiger partial charge in [-0.2, -0.15) is 0 Å². The topological polar surface area (TPSA) is 140 Å². The molecule has 5 rings (SSSR count). The molecule has 0 spiro atoms. The van der Waals surface area contributed by atoms with Crippen molar-refractivity contribution >= 4 is 17.5 Å². The molecule has 2 atom stereocenters. The number of benzene rings is 1. The minimum atomic E-state index is -1.21. The van der Waals surface area contributed by atoms with E-state index in [0.717, 1.165) is 12.2 Å². The quantitative estimate of drug-likeness (QED) is 0.415. The number of epoxide rings is 1. The predicted molar refractivity (Wildman–Crippen MR) is 99.5 cm³/mol. The average Bonchev–Trinajstić information content (AvgIpc) is 3.05.